The standard InChI is InChI=1S/C18H12F3N3OS/c1-26-18-23-16(11-4-2-3-5-13(11)20)12(9-25)17(24-18)22-15-7-6-10(19)8-14(15)21/h2-9H,1H3,(H,22,23,24). The smallest absolute Gasteiger partial charge is 0.189 e. The summed E-state index contributed by atoms with van der Waals surface area (Å²) in [4.78, 5) is 20.0. The van der Waals surface area contributed by atoms with Crippen LogP contribution in [0.25, 0.3) is 11.3 Å². The molecule has 0 fully saturated rings. The van der Waals surface area contributed by atoms with Gasteiger partial charge in [-0.15, -0.1) is 0 Å². The number of nitrogens with zero attached hydrogens (tertiary/aromatic N) is 2. The number of nitrogens with one attached hydrogen (secondary N) is 1. The van der Waals surface area contributed by atoms with Crippen molar-refractivity contribution in [3.63, 3.8) is 0 Å². The molecule has 1 N–H and O–H groups in total. The highest BCUT2D eigenvalue weighted by atomic mass is 32.2. The maximum absolute atomic E-state index is 14.2. The Morgan fingerprint density at radius 1 is 1.04 bits per heavy atom. The van der Waals surface area contributed by atoms with E-state index in [1.54, 1.807) is 12.3 Å². The molecule has 0 aliphatic heterocycles. The van der Waals surface area contributed by atoms with Crippen LogP contribution in [0.15, 0.2) is 47.6 Å². The van der Waals surface area contributed by atoms with Crippen LogP contribution in [0.5, 0.6) is 0 Å². The van der Waals surface area contributed by atoms with Gasteiger partial charge in [0.25, 0.3) is 0 Å². The van der Waals surface area contributed by atoms with E-state index in [4.69, 9.17) is 0 Å². The summed E-state index contributed by atoms with van der Waals surface area (Å²) in [7, 11) is 0. The second-order valence-electron chi connectivity index (χ2n) is 5.17. The third-order valence-electron chi connectivity index (χ3n) is 3.54. The van der Waals surface area contributed by atoms with E-state index in [1.165, 1.54) is 36.0 Å². The molecule has 1 aromatic heterocycles. The number of halogens is 3. The van der Waals surface area contributed by atoms with Gasteiger partial charge in [0.05, 0.1) is 16.9 Å². The van der Waals surface area contributed by atoms with Crippen molar-refractivity contribution in [1.82, 2.24) is 9.97 Å². The highest BCUT2D eigenvalue weighted by molar-refractivity contribution is 7.98. The summed E-state index contributed by atoms with van der Waals surface area (Å²) < 4.78 is 41.2. The van der Waals surface area contributed by atoms with Crippen molar-refractivity contribution in [3.05, 3.63) is 65.5 Å². The molecule has 0 bridgehead atoms. The molecule has 2 aromatic carbocycles. The number of thioether (sulfide) groups is 1. The first-order valence-corrected chi connectivity index (χ1v) is 8.64. The molecule has 26 heavy (non-hydrogen) atoms. The molecule has 4 nitrogen and oxygen atoms in total. The van der Waals surface area contributed by atoms with E-state index in [0.29, 0.717) is 12.4 Å². The Kier molecular flexibility index (Phi) is 5.22. The molecule has 0 aliphatic rings. The predicted molar refractivity (Wildman–Crippen MR) is 94.2 cm³/mol. The molecule has 0 radical (unpaired) electrons. The van der Waals surface area contributed by atoms with Crippen LogP contribution in [0.3, 0.4) is 0 Å². The fourth-order valence-electron chi connectivity index (χ4n) is 2.32. The van der Waals surface area contributed by atoms with E-state index in [9.17, 15) is 18.0 Å². The third kappa shape index (κ3) is 3.55. The Labute approximate surface area is 151 Å². The fourth-order valence-corrected chi connectivity index (χ4v) is 2.69. The molecule has 132 valence electrons. The van der Waals surface area contributed by atoms with Crippen molar-refractivity contribution in [1.29, 1.82) is 0 Å². The summed E-state index contributed by atoms with van der Waals surface area (Å²) in [5.74, 6) is -2.13. The Morgan fingerprint density at radius 2 is 1.81 bits per heavy atom. The van der Waals surface area contributed by atoms with Crippen molar-refractivity contribution in [3.8, 4) is 11.3 Å². The lowest BCUT2D eigenvalue weighted by Crippen LogP contribution is -2.06. The van der Waals surface area contributed by atoms with E-state index < -0.39 is 17.5 Å². The summed E-state index contributed by atoms with van der Waals surface area (Å²) in [6.45, 7) is 0. The fraction of sp³-hybridized carbons (Fsp3) is 0.0556. The van der Waals surface area contributed by atoms with Gasteiger partial charge in [0.1, 0.15) is 23.3 Å². The summed E-state index contributed by atoms with van der Waals surface area (Å²) in [5, 5.41) is 2.93. The monoisotopic (exact) mass is 375 g/mol. The lowest BCUT2D eigenvalue weighted by atomic mass is 10.1. The summed E-state index contributed by atoms with van der Waals surface area (Å²) in [6.07, 6.45) is 2.18. The van der Waals surface area contributed by atoms with Crippen LogP contribution in [0.2, 0.25) is 0 Å². The van der Waals surface area contributed by atoms with Crippen LogP contribution in [-0.4, -0.2) is 22.5 Å². The first kappa shape index (κ1) is 17.9. The number of aromatic nitrogens is 2. The van der Waals surface area contributed by atoms with Crippen LogP contribution in [0.1, 0.15) is 10.4 Å². The molecule has 3 rings (SSSR count). The van der Waals surface area contributed by atoms with Gasteiger partial charge in [-0.05, 0) is 30.5 Å². The highest BCUT2D eigenvalue weighted by Crippen LogP contribution is 2.31. The van der Waals surface area contributed by atoms with E-state index in [1.807, 2.05) is 0 Å². The minimum Gasteiger partial charge on any atom is -0.337 e. The molecule has 0 saturated carbocycles. The first-order valence-electron chi connectivity index (χ1n) is 7.41. The average Bonchev–Trinajstić information content (AvgIpc) is 2.63. The topological polar surface area (TPSA) is 54.9 Å². The molecule has 0 amide bonds. The van der Waals surface area contributed by atoms with Crippen molar-refractivity contribution in [2.45, 2.75) is 5.16 Å². The molecule has 0 unspecified atom stereocenters. The molecule has 3 aromatic rings. The van der Waals surface area contributed by atoms with E-state index in [-0.39, 0.29) is 33.5 Å². The molecule has 0 atom stereocenters. The van der Waals surface area contributed by atoms with Crippen LogP contribution in [-0.2, 0) is 0 Å². The number of hydrogen-bond donors (Lipinski definition) is 1. The number of rotatable bonds is 5. The highest BCUT2D eigenvalue weighted by Gasteiger charge is 2.19. The maximum Gasteiger partial charge on any atom is 0.189 e. The van der Waals surface area contributed by atoms with Gasteiger partial charge in [0, 0.05) is 11.6 Å². The van der Waals surface area contributed by atoms with Crippen LogP contribution >= 0.6 is 11.8 Å². The Bertz CT molecular complexity index is 982. The molecule has 0 saturated heterocycles. The van der Waals surface area contributed by atoms with Crippen molar-refractivity contribution in [2.24, 2.45) is 0 Å². The van der Waals surface area contributed by atoms with Gasteiger partial charge >= 0.3 is 0 Å². The SMILES string of the molecule is CSc1nc(Nc2ccc(F)cc2F)c(C=O)c(-c2ccccc2F)n1. The lowest BCUT2D eigenvalue weighted by molar-refractivity contribution is 0.112. The number of carbonyl (C=O) groups is 1. The lowest BCUT2D eigenvalue weighted by Gasteiger charge is -2.14. The number of carbonyl (C=O) groups excluding carboxylic acids is 1. The number of aldehydes is 1. The third-order valence-corrected chi connectivity index (χ3v) is 4.09. The van der Waals surface area contributed by atoms with Crippen LogP contribution in [0.4, 0.5) is 24.7 Å². The largest absolute Gasteiger partial charge is 0.337 e. The van der Waals surface area contributed by atoms with Crippen molar-refractivity contribution >= 4 is 29.6 Å². The number of benzene rings is 2. The van der Waals surface area contributed by atoms with Gasteiger partial charge in [0.15, 0.2) is 11.4 Å². The predicted octanol–water partition coefficient (Wildman–Crippen LogP) is 4.84. The molecule has 0 spiro atoms. The molecular formula is C18H12F3N3OS. The molecule has 8 heteroatoms. The van der Waals surface area contributed by atoms with Gasteiger partial charge in [-0.2, -0.15) is 0 Å². The Morgan fingerprint density at radius 3 is 2.46 bits per heavy atom. The van der Waals surface area contributed by atoms with Gasteiger partial charge in [-0.1, -0.05) is 23.9 Å². The first-order chi connectivity index (χ1) is 12.5. The zero-order valence-electron chi connectivity index (χ0n) is 13.5. The second-order valence-corrected chi connectivity index (χ2v) is 5.94. The van der Waals surface area contributed by atoms with Gasteiger partial charge < -0.3 is 5.32 Å². The maximum atomic E-state index is 14.2. The van der Waals surface area contributed by atoms with Gasteiger partial charge in [-0.3, -0.25) is 4.79 Å². The van der Waals surface area contributed by atoms with E-state index >= 15 is 0 Å². The van der Waals surface area contributed by atoms with E-state index in [2.05, 4.69) is 15.3 Å². The zero-order valence-corrected chi connectivity index (χ0v) is 14.3. The molecular weight excluding hydrogens is 363 g/mol. The normalized spacial score (nSPS) is 10.6. The summed E-state index contributed by atoms with van der Waals surface area (Å²) in [6, 6.07) is 8.82. The van der Waals surface area contributed by atoms with Crippen molar-refractivity contribution in [2.75, 3.05) is 11.6 Å². The molecule has 1 heterocycles. The van der Waals surface area contributed by atoms with E-state index in [0.717, 1.165) is 6.07 Å². The van der Waals surface area contributed by atoms with Gasteiger partial charge in [-0.25, -0.2) is 23.1 Å². The van der Waals surface area contributed by atoms with Crippen LogP contribution < -0.4 is 5.32 Å². The Hall–Kier alpha value is -2.87. The van der Waals surface area contributed by atoms with Crippen molar-refractivity contribution < 1.29 is 18.0 Å². The minimum atomic E-state index is -0.849. The second kappa shape index (κ2) is 7.57. The Balaban J connectivity index is 2.17. The van der Waals surface area contributed by atoms with Crippen LogP contribution in [0, 0.1) is 17.5 Å². The average molecular weight is 375 g/mol. The number of hydrogen-bond acceptors (Lipinski definition) is 5. The number of anilines is 2. The quantitative estimate of drug-likeness (QED) is 0.393. The molecule has 0 aliphatic carbocycles. The minimum absolute atomic E-state index is 0.00288. The summed E-state index contributed by atoms with van der Waals surface area (Å²) >= 11 is 1.18. The zero-order chi connectivity index (χ0) is 18.7. The van der Waals surface area contributed by atoms with Gasteiger partial charge in [0.2, 0.25) is 0 Å². The summed E-state index contributed by atoms with van der Waals surface area (Å²) in [5.41, 5.74) is 0.105.